The number of rotatable bonds is 2. The lowest BCUT2D eigenvalue weighted by molar-refractivity contribution is -0.145. The average Bonchev–Trinajstić information content (AvgIpc) is 2.66. The number of carboxylic acid groups (broad SMARTS) is 1. The first-order valence-electron chi connectivity index (χ1n) is 8.72. The summed E-state index contributed by atoms with van der Waals surface area (Å²) in [6, 6.07) is 0. The molecule has 0 aromatic heterocycles. The molecule has 0 aromatic rings. The van der Waals surface area contributed by atoms with Gasteiger partial charge in [0.25, 0.3) is 0 Å². The molecule has 122 valence electrons. The molecular formula is C20H30O2. The maximum absolute atomic E-state index is 11.8. The van der Waals surface area contributed by atoms with Gasteiger partial charge in [-0.3, -0.25) is 4.79 Å². The van der Waals surface area contributed by atoms with Gasteiger partial charge in [0, 0.05) is 5.41 Å². The molecule has 0 bridgehead atoms. The quantitative estimate of drug-likeness (QED) is 0.724. The Hall–Kier alpha value is -1.05. The molecule has 0 amide bonds. The lowest BCUT2D eigenvalue weighted by Crippen LogP contribution is -2.43. The smallest absolute Gasteiger partial charge is 0.307 e. The van der Waals surface area contributed by atoms with Crippen molar-refractivity contribution < 1.29 is 9.90 Å². The summed E-state index contributed by atoms with van der Waals surface area (Å²) in [5, 5.41) is 9.70. The highest BCUT2D eigenvalue weighted by Crippen LogP contribution is 2.67. The first-order valence-corrected chi connectivity index (χ1v) is 8.72. The second kappa shape index (κ2) is 4.72. The van der Waals surface area contributed by atoms with Crippen LogP contribution in [0.1, 0.15) is 59.8 Å². The van der Waals surface area contributed by atoms with E-state index in [1.54, 1.807) is 5.57 Å². The van der Waals surface area contributed by atoms with E-state index in [-0.39, 0.29) is 22.2 Å². The van der Waals surface area contributed by atoms with Crippen molar-refractivity contribution in [3.63, 3.8) is 0 Å². The summed E-state index contributed by atoms with van der Waals surface area (Å²) in [6.45, 7) is 13.0. The Labute approximate surface area is 134 Å². The van der Waals surface area contributed by atoms with Gasteiger partial charge >= 0.3 is 5.97 Å². The predicted molar refractivity (Wildman–Crippen MR) is 89.5 cm³/mol. The normalized spacial score (nSPS) is 46.4. The SMILES string of the molecule is C=CC1(C)C=C2CCC3C(C)(C)C(C(=O)O)CC3(C)C2CC1. The van der Waals surface area contributed by atoms with Crippen LogP contribution < -0.4 is 0 Å². The molecule has 3 aliphatic rings. The van der Waals surface area contributed by atoms with Crippen molar-refractivity contribution in [1.82, 2.24) is 0 Å². The van der Waals surface area contributed by atoms with Crippen LogP contribution >= 0.6 is 0 Å². The van der Waals surface area contributed by atoms with Crippen LogP contribution in [0.3, 0.4) is 0 Å². The van der Waals surface area contributed by atoms with Gasteiger partial charge in [-0.05, 0) is 54.8 Å². The number of hydrogen-bond acceptors (Lipinski definition) is 1. The van der Waals surface area contributed by atoms with Crippen molar-refractivity contribution in [3.8, 4) is 0 Å². The Morgan fingerprint density at radius 2 is 2.00 bits per heavy atom. The van der Waals surface area contributed by atoms with E-state index in [0.29, 0.717) is 11.8 Å². The van der Waals surface area contributed by atoms with Crippen LogP contribution in [0.25, 0.3) is 0 Å². The molecule has 22 heavy (non-hydrogen) atoms. The van der Waals surface area contributed by atoms with Gasteiger partial charge in [0.05, 0.1) is 5.92 Å². The fourth-order valence-corrected chi connectivity index (χ4v) is 6.14. The molecule has 2 fully saturated rings. The Balaban J connectivity index is 2.00. The summed E-state index contributed by atoms with van der Waals surface area (Å²) in [5.41, 5.74) is 1.77. The highest BCUT2D eigenvalue weighted by Gasteiger charge is 2.62. The highest BCUT2D eigenvalue weighted by molar-refractivity contribution is 5.72. The molecule has 0 radical (unpaired) electrons. The zero-order valence-electron chi connectivity index (χ0n) is 14.5. The van der Waals surface area contributed by atoms with Crippen molar-refractivity contribution in [2.24, 2.45) is 34.0 Å². The Morgan fingerprint density at radius 1 is 1.32 bits per heavy atom. The van der Waals surface area contributed by atoms with E-state index in [9.17, 15) is 9.90 Å². The minimum absolute atomic E-state index is 0.0920. The van der Waals surface area contributed by atoms with Gasteiger partial charge in [-0.25, -0.2) is 0 Å². The average molecular weight is 302 g/mol. The summed E-state index contributed by atoms with van der Waals surface area (Å²) in [7, 11) is 0. The number of allylic oxidation sites excluding steroid dienone is 3. The van der Waals surface area contributed by atoms with Crippen molar-refractivity contribution in [2.45, 2.75) is 59.8 Å². The molecule has 5 unspecified atom stereocenters. The van der Waals surface area contributed by atoms with Crippen LogP contribution in [0.2, 0.25) is 0 Å². The molecule has 0 heterocycles. The topological polar surface area (TPSA) is 37.3 Å². The summed E-state index contributed by atoms with van der Waals surface area (Å²) in [6.07, 6.45) is 9.99. The van der Waals surface area contributed by atoms with Gasteiger partial charge in [-0.1, -0.05) is 45.4 Å². The van der Waals surface area contributed by atoms with E-state index in [4.69, 9.17) is 0 Å². The van der Waals surface area contributed by atoms with Gasteiger partial charge in [0.1, 0.15) is 0 Å². The van der Waals surface area contributed by atoms with Gasteiger partial charge in [-0.15, -0.1) is 6.58 Å². The van der Waals surface area contributed by atoms with E-state index in [1.165, 1.54) is 6.42 Å². The van der Waals surface area contributed by atoms with Crippen LogP contribution in [-0.4, -0.2) is 11.1 Å². The number of hydrogen-bond donors (Lipinski definition) is 1. The van der Waals surface area contributed by atoms with E-state index in [1.807, 2.05) is 0 Å². The Bertz CT molecular complexity index is 544. The minimum Gasteiger partial charge on any atom is -0.481 e. The van der Waals surface area contributed by atoms with Crippen LogP contribution in [0.15, 0.2) is 24.3 Å². The number of fused-ring (bicyclic) bond motifs is 3. The second-order valence-corrected chi connectivity index (χ2v) is 9.03. The summed E-state index contributed by atoms with van der Waals surface area (Å²) >= 11 is 0. The maximum atomic E-state index is 11.8. The highest BCUT2D eigenvalue weighted by atomic mass is 16.4. The number of aliphatic carboxylic acids is 1. The van der Waals surface area contributed by atoms with Crippen molar-refractivity contribution in [2.75, 3.05) is 0 Å². The third-order valence-corrected chi connectivity index (χ3v) is 7.45. The largest absolute Gasteiger partial charge is 0.481 e. The standard InChI is InChI=1S/C20H30O2/c1-6-19(4)10-9-14-13(11-19)7-8-16-18(2,3)15(17(21)22)12-20(14,16)5/h6,11,14-16H,1,7-10,12H2,2-5H3,(H,21,22). The third kappa shape index (κ3) is 2.02. The van der Waals surface area contributed by atoms with E-state index in [2.05, 4.69) is 46.4 Å². The molecule has 0 spiro atoms. The molecule has 3 rings (SSSR count). The molecular weight excluding hydrogens is 272 g/mol. The molecule has 3 aliphatic carbocycles. The van der Waals surface area contributed by atoms with Crippen molar-refractivity contribution in [3.05, 3.63) is 24.3 Å². The summed E-state index contributed by atoms with van der Waals surface area (Å²) < 4.78 is 0. The van der Waals surface area contributed by atoms with E-state index < -0.39 is 5.97 Å². The van der Waals surface area contributed by atoms with Crippen LogP contribution in [0.4, 0.5) is 0 Å². The first kappa shape index (κ1) is 15.8. The van der Waals surface area contributed by atoms with Crippen LogP contribution in [0.5, 0.6) is 0 Å². The van der Waals surface area contributed by atoms with E-state index in [0.717, 1.165) is 25.7 Å². The second-order valence-electron chi connectivity index (χ2n) is 9.03. The molecule has 5 atom stereocenters. The monoisotopic (exact) mass is 302 g/mol. The Morgan fingerprint density at radius 3 is 2.59 bits per heavy atom. The van der Waals surface area contributed by atoms with Crippen molar-refractivity contribution >= 4 is 5.97 Å². The summed E-state index contributed by atoms with van der Waals surface area (Å²) in [5.74, 6) is 0.298. The van der Waals surface area contributed by atoms with E-state index >= 15 is 0 Å². The number of carboxylic acids is 1. The molecule has 0 saturated heterocycles. The lowest BCUT2D eigenvalue weighted by Gasteiger charge is -2.51. The van der Waals surface area contributed by atoms with Gasteiger partial charge in [-0.2, -0.15) is 0 Å². The van der Waals surface area contributed by atoms with Gasteiger partial charge < -0.3 is 5.11 Å². The third-order valence-electron chi connectivity index (χ3n) is 7.45. The maximum Gasteiger partial charge on any atom is 0.307 e. The van der Waals surface area contributed by atoms with Gasteiger partial charge in [0.15, 0.2) is 0 Å². The molecule has 2 saturated carbocycles. The van der Waals surface area contributed by atoms with Gasteiger partial charge in [0.2, 0.25) is 0 Å². The number of carbonyl (C=O) groups is 1. The first-order chi connectivity index (χ1) is 10.1. The predicted octanol–water partition coefficient (Wildman–Crippen LogP) is 5.06. The molecule has 1 N–H and O–H groups in total. The Kier molecular flexibility index (Phi) is 3.40. The molecule has 0 aliphatic heterocycles. The van der Waals surface area contributed by atoms with Crippen molar-refractivity contribution in [1.29, 1.82) is 0 Å². The van der Waals surface area contributed by atoms with Crippen LogP contribution in [-0.2, 0) is 4.79 Å². The molecule has 0 aromatic carbocycles. The molecule has 2 heteroatoms. The minimum atomic E-state index is -0.599. The lowest BCUT2D eigenvalue weighted by atomic mass is 9.53. The van der Waals surface area contributed by atoms with Crippen LogP contribution in [0, 0.1) is 34.0 Å². The zero-order valence-corrected chi connectivity index (χ0v) is 14.5. The fourth-order valence-electron chi connectivity index (χ4n) is 6.14. The fraction of sp³-hybridized carbons (Fsp3) is 0.750. The molecule has 2 nitrogen and oxygen atoms in total. The zero-order chi connectivity index (χ0) is 16.3. The summed E-state index contributed by atoms with van der Waals surface area (Å²) in [4.78, 5) is 11.8.